The Kier molecular flexibility index (Phi) is 5.57. The van der Waals surface area contributed by atoms with E-state index in [-0.39, 0.29) is 5.91 Å². The molecule has 0 saturated heterocycles. The number of hydrogen-bond donors (Lipinski definition) is 2. The monoisotopic (exact) mass is 380 g/mol. The molecule has 6 heteroatoms. The first-order valence-electron chi connectivity index (χ1n) is 8.45. The van der Waals surface area contributed by atoms with E-state index in [0.717, 1.165) is 21.8 Å². The molecule has 0 aliphatic rings. The maximum atomic E-state index is 12.3. The highest BCUT2D eigenvalue weighted by Crippen LogP contribution is 2.34. The van der Waals surface area contributed by atoms with E-state index in [2.05, 4.69) is 5.32 Å². The molecule has 27 heavy (non-hydrogen) atoms. The van der Waals surface area contributed by atoms with Gasteiger partial charge in [0.15, 0.2) is 0 Å². The summed E-state index contributed by atoms with van der Waals surface area (Å²) in [6.07, 6.45) is 3.63. The van der Waals surface area contributed by atoms with E-state index < -0.39 is 5.91 Å². The number of benzene rings is 1. The fourth-order valence-corrected chi connectivity index (χ4v) is 4.00. The van der Waals surface area contributed by atoms with Gasteiger partial charge < -0.3 is 15.5 Å². The largest absolute Gasteiger partial charge is 0.462 e. The third kappa shape index (κ3) is 4.54. The van der Waals surface area contributed by atoms with Crippen molar-refractivity contribution in [3.05, 3.63) is 81.6 Å². The standard InChI is InChI=1S/C21H20N2O3S/c1-13-8-9-16(26-13)10-11-18(24)23-21-19(20(22)25)14(2)17(27-21)12-15-6-4-3-5-7-15/h3-11H,12H2,1-2H3,(H2,22,25)(H,23,24)/b11-10+. The van der Waals surface area contributed by atoms with Crippen LogP contribution in [0.4, 0.5) is 5.00 Å². The summed E-state index contributed by atoms with van der Waals surface area (Å²) in [5, 5.41) is 3.23. The Labute approximate surface area is 161 Å². The molecule has 0 bridgehead atoms. The van der Waals surface area contributed by atoms with Gasteiger partial charge in [-0.25, -0.2) is 0 Å². The maximum absolute atomic E-state index is 12.3. The van der Waals surface area contributed by atoms with Crippen LogP contribution >= 0.6 is 11.3 Å². The molecule has 3 rings (SSSR count). The van der Waals surface area contributed by atoms with E-state index in [9.17, 15) is 9.59 Å². The van der Waals surface area contributed by atoms with Gasteiger partial charge in [-0.3, -0.25) is 9.59 Å². The van der Waals surface area contributed by atoms with Crippen molar-refractivity contribution in [2.24, 2.45) is 5.73 Å². The van der Waals surface area contributed by atoms with E-state index in [4.69, 9.17) is 10.2 Å². The number of amides is 2. The van der Waals surface area contributed by atoms with Crippen LogP contribution in [-0.4, -0.2) is 11.8 Å². The lowest BCUT2D eigenvalue weighted by atomic mass is 10.1. The predicted octanol–water partition coefficient (Wildman–Crippen LogP) is 4.30. The Balaban J connectivity index is 1.81. The number of carbonyl (C=O) groups is 2. The lowest BCUT2D eigenvalue weighted by Crippen LogP contribution is -2.16. The van der Waals surface area contributed by atoms with Crippen LogP contribution in [0.15, 0.2) is 53.0 Å². The molecular weight excluding hydrogens is 360 g/mol. The van der Waals surface area contributed by atoms with Gasteiger partial charge in [-0.2, -0.15) is 0 Å². The zero-order chi connectivity index (χ0) is 19.4. The molecule has 3 N–H and O–H groups in total. The third-order valence-electron chi connectivity index (χ3n) is 4.10. The lowest BCUT2D eigenvalue weighted by molar-refractivity contribution is -0.111. The number of rotatable bonds is 6. The van der Waals surface area contributed by atoms with Crippen LogP contribution in [-0.2, 0) is 11.2 Å². The molecule has 2 heterocycles. The van der Waals surface area contributed by atoms with Gasteiger partial charge in [0.25, 0.3) is 5.91 Å². The second-order valence-electron chi connectivity index (χ2n) is 6.15. The van der Waals surface area contributed by atoms with Gasteiger partial charge in [0.2, 0.25) is 5.91 Å². The van der Waals surface area contributed by atoms with Crippen molar-refractivity contribution >= 4 is 34.2 Å². The van der Waals surface area contributed by atoms with Crippen LogP contribution in [0.1, 0.15) is 37.9 Å². The molecule has 5 nitrogen and oxygen atoms in total. The molecular formula is C21H20N2O3S. The molecule has 0 unspecified atom stereocenters. The zero-order valence-corrected chi connectivity index (χ0v) is 15.9. The van der Waals surface area contributed by atoms with Crippen LogP contribution in [0.25, 0.3) is 6.08 Å². The molecule has 0 atom stereocenters. The van der Waals surface area contributed by atoms with Gasteiger partial charge >= 0.3 is 0 Å². The zero-order valence-electron chi connectivity index (χ0n) is 15.1. The minimum atomic E-state index is -0.552. The van der Waals surface area contributed by atoms with Crippen LogP contribution < -0.4 is 11.1 Å². The molecule has 0 radical (unpaired) electrons. The summed E-state index contributed by atoms with van der Waals surface area (Å²) in [5.41, 5.74) is 7.84. The highest BCUT2D eigenvalue weighted by molar-refractivity contribution is 7.17. The van der Waals surface area contributed by atoms with Crippen LogP contribution in [0.3, 0.4) is 0 Å². The Bertz CT molecular complexity index is 1000. The van der Waals surface area contributed by atoms with Crippen LogP contribution in [0, 0.1) is 13.8 Å². The van der Waals surface area contributed by atoms with Gasteiger partial charge in [0.05, 0.1) is 5.56 Å². The minimum Gasteiger partial charge on any atom is -0.462 e. The second-order valence-corrected chi connectivity index (χ2v) is 7.26. The summed E-state index contributed by atoms with van der Waals surface area (Å²) in [6.45, 7) is 3.69. The van der Waals surface area contributed by atoms with Gasteiger partial charge in [-0.15, -0.1) is 11.3 Å². The molecule has 0 spiro atoms. The normalized spacial score (nSPS) is 11.0. The van der Waals surface area contributed by atoms with Gasteiger partial charge in [0.1, 0.15) is 16.5 Å². The highest BCUT2D eigenvalue weighted by Gasteiger charge is 2.20. The van der Waals surface area contributed by atoms with E-state index in [0.29, 0.717) is 22.7 Å². The van der Waals surface area contributed by atoms with Gasteiger partial charge in [0, 0.05) is 17.4 Å². The van der Waals surface area contributed by atoms with E-state index in [1.807, 2.05) is 50.2 Å². The number of nitrogens with one attached hydrogen (secondary N) is 1. The molecule has 2 amide bonds. The average molecular weight is 380 g/mol. The number of aryl methyl sites for hydroxylation is 1. The quantitative estimate of drug-likeness (QED) is 0.625. The highest BCUT2D eigenvalue weighted by atomic mass is 32.1. The fourth-order valence-electron chi connectivity index (χ4n) is 2.75. The van der Waals surface area contributed by atoms with E-state index >= 15 is 0 Å². The average Bonchev–Trinajstić information content (AvgIpc) is 3.17. The van der Waals surface area contributed by atoms with Crippen molar-refractivity contribution in [2.45, 2.75) is 20.3 Å². The Hall–Kier alpha value is -3.12. The molecule has 0 fully saturated rings. The number of hydrogen-bond acceptors (Lipinski definition) is 4. The molecule has 1 aromatic carbocycles. The van der Waals surface area contributed by atoms with Crippen molar-refractivity contribution in [3.8, 4) is 0 Å². The molecule has 0 aliphatic carbocycles. The lowest BCUT2D eigenvalue weighted by Gasteiger charge is -2.02. The molecule has 0 saturated carbocycles. The maximum Gasteiger partial charge on any atom is 0.251 e. The van der Waals surface area contributed by atoms with Crippen molar-refractivity contribution in [1.82, 2.24) is 0 Å². The van der Waals surface area contributed by atoms with Gasteiger partial charge in [-0.05, 0) is 43.2 Å². The first kappa shape index (κ1) is 18.7. The molecule has 3 aromatic rings. The second kappa shape index (κ2) is 8.05. The number of furan rings is 1. The summed E-state index contributed by atoms with van der Waals surface area (Å²) >= 11 is 1.37. The third-order valence-corrected chi connectivity index (χ3v) is 5.30. The number of nitrogens with two attached hydrogens (primary N) is 1. The van der Waals surface area contributed by atoms with Crippen molar-refractivity contribution < 1.29 is 14.0 Å². The Morgan fingerprint density at radius 3 is 2.52 bits per heavy atom. The SMILES string of the molecule is Cc1ccc(/C=C/C(=O)Nc2sc(Cc3ccccc3)c(C)c2C(N)=O)o1. The number of thiophene rings is 1. The van der Waals surface area contributed by atoms with Crippen LogP contribution in [0.2, 0.25) is 0 Å². The Morgan fingerprint density at radius 2 is 1.89 bits per heavy atom. The fraction of sp³-hybridized carbons (Fsp3) is 0.143. The summed E-state index contributed by atoms with van der Waals surface area (Å²) < 4.78 is 5.40. The first-order valence-corrected chi connectivity index (χ1v) is 9.27. The topological polar surface area (TPSA) is 85.3 Å². The molecule has 2 aromatic heterocycles. The number of carbonyl (C=O) groups excluding carboxylic acids is 2. The Morgan fingerprint density at radius 1 is 1.15 bits per heavy atom. The van der Waals surface area contributed by atoms with E-state index in [1.54, 1.807) is 12.1 Å². The van der Waals surface area contributed by atoms with Crippen molar-refractivity contribution in [2.75, 3.05) is 5.32 Å². The smallest absolute Gasteiger partial charge is 0.251 e. The minimum absolute atomic E-state index is 0.348. The number of anilines is 1. The van der Waals surface area contributed by atoms with Gasteiger partial charge in [-0.1, -0.05) is 30.3 Å². The van der Waals surface area contributed by atoms with E-state index in [1.165, 1.54) is 17.4 Å². The predicted molar refractivity (Wildman–Crippen MR) is 108 cm³/mol. The summed E-state index contributed by atoms with van der Waals surface area (Å²) in [6, 6.07) is 13.5. The molecule has 0 aliphatic heterocycles. The summed E-state index contributed by atoms with van der Waals surface area (Å²) in [5.74, 6) is 0.457. The summed E-state index contributed by atoms with van der Waals surface area (Å²) in [4.78, 5) is 25.2. The molecule has 138 valence electrons. The van der Waals surface area contributed by atoms with Crippen molar-refractivity contribution in [1.29, 1.82) is 0 Å². The first-order chi connectivity index (χ1) is 12.9. The van der Waals surface area contributed by atoms with Crippen molar-refractivity contribution in [3.63, 3.8) is 0 Å². The van der Waals surface area contributed by atoms with Crippen LogP contribution in [0.5, 0.6) is 0 Å². The number of primary amides is 1. The summed E-state index contributed by atoms with van der Waals surface area (Å²) in [7, 11) is 0.